The van der Waals surface area contributed by atoms with Crippen LogP contribution < -0.4 is 9.62 Å². The molecule has 2 aromatic carbocycles. The van der Waals surface area contributed by atoms with E-state index in [4.69, 9.17) is 23.2 Å². The molecule has 2 rings (SSSR count). The molecule has 0 aromatic heterocycles. The molecule has 31 heavy (non-hydrogen) atoms. The molecule has 1 unspecified atom stereocenters. The van der Waals surface area contributed by atoms with Gasteiger partial charge in [0.25, 0.3) is 0 Å². The summed E-state index contributed by atoms with van der Waals surface area (Å²) in [5.74, 6) is -0.876. The number of rotatable bonds is 9. The summed E-state index contributed by atoms with van der Waals surface area (Å²) in [6.45, 7) is 1.40. The molecule has 0 heterocycles. The quantitative estimate of drug-likeness (QED) is 0.589. The Bertz CT molecular complexity index is 1030. The van der Waals surface area contributed by atoms with Crippen molar-refractivity contribution in [2.75, 3.05) is 24.2 Å². The highest BCUT2D eigenvalue weighted by Gasteiger charge is 2.32. The molecule has 0 spiro atoms. The molecule has 7 nitrogen and oxygen atoms in total. The summed E-state index contributed by atoms with van der Waals surface area (Å²) >= 11 is 12.3. The predicted molar refractivity (Wildman–Crippen MR) is 124 cm³/mol. The van der Waals surface area contributed by atoms with Gasteiger partial charge in [-0.15, -0.1) is 0 Å². The van der Waals surface area contributed by atoms with E-state index in [1.807, 2.05) is 30.3 Å². The van der Waals surface area contributed by atoms with E-state index in [1.54, 1.807) is 13.0 Å². The lowest BCUT2D eigenvalue weighted by molar-refractivity contribution is -0.140. The topological polar surface area (TPSA) is 86.8 Å². The van der Waals surface area contributed by atoms with Gasteiger partial charge in [-0.2, -0.15) is 0 Å². The summed E-state index contributed by atoms with van der Waals surface area (Å²) in [4.78, 5) is 27.2. The molecule has 0 aliphatic carbocycles. The van der Waals surface area contributed by atoms with Crippen LogP contribution >= 0.6 is 23.2 Å². The maximum atomic E-state index is 13.4. The molecule has 10 heteroatoms. The smallest absolute Gasteiger partial charge is 0.244 e. The molecule has 0 saturated carbocycles. The Kier molecular flexibility index (Phi) is 8.73. The first-order chi connectivity index (χ1) is 14.6. The fourth-order valence-corrected chi connectivity index (χ4v) is 4.45. The Morgan fingerprint density at radius 2 is 1.71 bits per heavy atom. The zero-order valence-electron chi connectivity index (χ0n) is 17.5. The molecule has 0 aliphatic heterocycles. The van der Waals surface area contributed by atoms with Gasteiger partial charge in [-0.05, 0) is 24.1 Å². The lowest BCUT2D eigenvalue weighted by Crippen LogP contribution is -2.51. The van der Waals surface area contributed by atoms with Crippen LogP contribution in [0.15, 0.2) is 48.5 Å². The maximum Gasteiger partial charge on any atom is 0.244 e. The van der Waals surface area contributed by atoms with Crippen molar-refractivity contribution in [3.05, 3.63) is 64.1 Å². The van der Waals surface area contributed by atoms with Gasteiger partial charge in [0.15, 0.2) is 0 Å². The number of halogens is 2. The zero-order valence-corrected chi connectivity index (χ0v) is 19.8. The molecule has 0 radical (unpaired) electrons. The number of anilines is 1. The van der Waals surface area contributed by atoms with E-state index >= 15 is 0 Å². The van der Waals surface area contributed by atoms with Crippen molar-refractivity contribution >= 4 is 50.7 Å². The SMILES string of the molecule is CCC(C(=O)NC)N(Cc1ccccc1)C(=O)CN(c1cccc(Cl)c1Cl)S(C)(=O)=O. The van der Waals surface area contributed by atoms with Crippen LogP contribution in [-0.4, -0.2) is 51.0 Å². The number of carbonyl (C=O) groups is 2. The van der Waals surface area contributed by atoms with Crippen molar-refractivity contribution < 1.29 is 18.0 Å². The van der Waals surface area contributed by atoms with E-state index in [0.717, 1.165) is 16.1 Å². The van der Waals surface area contributed by atoms with Gasteiger partial charge in [-0.25, -0.2) is 8.42 Å². The average molecular weight is 486 g/mol. The number of nitrogens with zero attached hydrogens (tertiary/aromatic N) is 2. The molecular weight excluding hydrogens is 461 g/mol. The number of hydrogen-bond acceptors (Lipinski definition) is 4. The summed E-state index contributed by atoms with van der Waals surface area (Å²) in [6, 6.07) is 12.9. The number of benzene rings is 2. The Hall–Kier alpha value is -2.29. The second-order valence-corrected chi connectivity index (χ2v) is 9.58. The monoisotopic (exact) mass is 485 g/mol. The summed E-state index contributed by atoms with van der Waals surface area (Å²) in [5.41, 5.74) is 0.905. The molecule has 1 atom stereocenters. The Balaban J connectivity index is 2.45. The number of carbonyl (C=O) groups excluding carboxylic acids is 2. The van der Waals surface area contributed by atoms with Crippen molar-refractivity contribution in [3.8, 4) is 0 Å². The van der Waals surface area contributed by atoms with Crippen LogP contribution in [0.2, 0.25) is 10.0 Å². The summed E-state index contributed by atoms with van der Waals surface area (Å²) in [7, 11) is -2.38. The van der Waals surface area contributed by atoms with Crippen LogP contribution in [-0.2, 0) is 26.2 Å². The van der Waals surface area contributed by atoms with Gasteiger partial charge in [0.2, 0.25) is 21.8 Å². The summed E-state index contributed by atoms with van der Waals surface area (Å²) in [5, 5.41) is 2.75. The third kappa shape index (κ3) is 6.35. The normalized spacial score (nSPS) is 12.2. The van der Waals surface area contributed by atoms with E-state index in [2.05, 4.69) is 5.32 Å². The van der Waals surface area contributed by atoms with Gasteiger partial charge in [0, 0.05) is 13.6 Å². The maximum absolute atomic E-state index is 13.4. The van der Waals surface area contributed by atoms with Gasteiger partial charge >= 0.3 is 0 Å². The van der Waals surface area contributed by atoms with Crippen LogP contribution in [0.1, 0.15) is 18.9 Å². The molecule has 0 bridgehead atoms. The molecule has 1 N–H and O–H groups in total. The first-order valence-corrected chi connectivity index (χ1v) is 12.2. The predicted octanol–water partition coefficient (Wildman–Crippen LogP) is 3.31. The van der Waals surface area contributed by atoms with Crippen LogP contribution in [0.25, 0.3) is 0 Å². The molecule has 0 aliphatic rings. The Morgan fingerprint density at radius 1 is 1.06 bits per heavy atom. The van der Waals surface area contributed by atoms with Crippen molar-refractivity contribution in [2.45, 2.75) is 25.9 Å². The molecule has 0 saturated heterocycles. The zero-order chi connectivity index (χ0) is 23.2. The molecule has 168 valence electrons. The number of amides is 2. The number of sulfonamides is 1. The third-order valence-corrected chi connectivity index (χ3v) is 6.64. The largest absolute Gasteiger partial charge is 0.357 e. The van der Waals surface area contributed by atoms with Gasteiger partial charge in [0.1, 0.15) is 12.6 Å². The minimum Gasteiger partial charge on any atom is -0.357 e. The van der Waals surface area contributed by atoms with Crippen LogP contribution in [0, 0.1) is 0 Å². The number of likely N-dealkylation sites (N-methyl/N-ethyl adjacent to an activating group) is 1. The minimum absolute atomic E-state index is 0.0235. The van der Waals surface area contributed by atoms with E-state index in [0.29, 0.717) is 6.42 Å². The van der Waals surface area contributed by atoms with Gasteiger partial charge in [-0.3, -0.25) is 13.9 Å². The van der Waals surface area contributed by atoms with E-state index in [1.165, 1.54) is 24.1 Å². The van der Waals surface area contributed by atoms with Gasteiger partial charge < -0.3 is 10.2 Å². The van der Waals surface area contributed by atoms with Crippen molar-refractivity contribution in [3.63, 3.8) is 0 Å². The highest BCUT2D eigenvalue weighted by Crippen LogP contribution is 2.33. The second kappa shape index (κ2) is 10.8. The molecule has 0 fully saturated rings. The van der Waals surface area contributed by atoms with Crippen molar-refractivity contribution in [2.24, 2.45) is 0 Å². The standard InChI is InChI=1S/C21H25Cl2N3O4S/c1-4-17(21(28)24-2)25(13-15-9-6-5-7-10-15)19(27)14-26(31(3,29)30)18-12-8-11-16(22)20(18)23/h5-12,17H,4,13-14H2,1-3H3,(H,24,28). The summed E-state index contributed by atoms with van der Waals surface area (Å²) in [6.07, 6.45) is 1.34. The van der Waals surface area contributed by atoms with Crippen molar-refractivity contribution in [1.29, 1.82) is 0 Å². The van der Waals surface area contributed by atoms with Gasteiger partial charge in [0.05, 0.1) is 22.0 Å². The van der Waals surface area contributed by atoms with Crippen molar-refractivity contribution in [1.82, 2.24) is 10.2 Å². The first-order valence-electron chi connectivity index (χ1n) is 9.56. The Morgan fingerprint density at radius 3 is 2.26 bits per heavy atom. The second-order valence-electron chi connectivity index (χ2n) is 6.89. The molecule has 2 amide bonds. The van der Waals surface area contributed by atoms with Gasteiger partial charge in [-0.1, -0.05) is 66.5 Å². The first kappa shape index (κ1) is 25.0. The highest BCUT2D eigenvalue weighted by atomic mass is 35.5. The van der Waals surface area contributed by atoms with Crippen LogP contribution in [0.3, 0.4) is 0 Å². The third-order valence-electron chi connectivity index (χ3n) is 4.71. The summed E-state index contributed by atoms with van der Waals surface area (Å²) < 4.78 is 25.9. The van der Waals surface area contributed by atoms with E-state index < -0.39 is 28.5 Å². The van der Waals surface area contributed by atoms with E-state index in [-0.39, 0.29) is 28.2 Å². The average Bonchev–Trinajstić information content (AvgIpc) is 2.73. The number of hydrogen-bond donors (Lipinski definition) is 1. The lowest BCUT2D eigenvalue weighted by Gasteiger charge is -2.32. The van der Waals surface area contributed by atoms with Crippen LogP contribution in [0.5, 0.6) is 0 Å². The fraction of sp³-hybridized carbons (Fsp3) is 0.333. The minimum atomic E-state index is -3.87. The van der Waals surface area contributed by atoms with Crippen LogP contribution in [0.4, 0.5) is 5.69 Å². The Labute approximate surface area is 193 Å². The molecule has 2 aromatic rings. The van der Waals surface area contributed by atoms with E-state index in [9.17, 15) is 18.0 Å². The number of nitrogens with one attached hydrogen (secondary N) is 1. The molecular formula is C21H25Cl2N3O4S. The fourth-order valence-electron chi connectivity index (χ4n) is 3.15. The highest BCUT2D eigenvalue weighted by molar-refractivity contribution is 7.92. The lowest BCUT2D eigenvalue weighted by atomic mass is 10.1.